The Kier molecular flexibility index (Phi) is 3.55. The van der Waals surface area contributed by atoms with Crippen LogP contribution < -0.4 is 15.6 Å². The summed E-state index contributed by atoms with van der Waals surface area (Å²) in [5, 5.41) is 0.197. The summed E-state index contributed by atoms with van der Waals surface area (Å²) >= 11 is 0. The van der Waals surface area contributed by atoms with Gasteiger partial charge in [-0.15, -0.1) is 0 Å². The molecule has 0 radical (unpaired) electrons. The number of aryl methyl sites for hydroxylation is 1. The molecule has 26 heavy (non-hydrogen) atoms. The predicted octanol–water partition coefficient (Wildman–Crippen LogP) is 0.989. The molecular formula is C18H17N3O4S. The Balaban J connectivity index is 1.93. The molecule has 8 heteroatoms. The fourth-order valence-electron chi connectivity index (χ4n) is 3.42. The van der Waals surface area contributed by atoms with Crippen LogP contribution in [0.15, 0.2) is 56.9 Å². The number of hydrogen-bond donors (Lipinski definition) is 0. The van der Waals surface area contributed by atoms with Gasteiger partial charge in [-0.25, -0.2) is 13.2 Å². The topological polar surface area (TPSA) is 81.4 Å². The molecule has 134 valence electrons. The average Bonchev–Trinajstić information content (AvgIpc) is 3.09. The van der Waals surface area contributed by atoms with Gasteiger partial charge in [0.2, 0.25) is 0 Å². The molecule has 0 saturated heterocycles. The predicted molar refractivity (Wildman–Crippen MR) is 99.1 cm³/mol. The summed E-state index contributed by atoms with van der Waals surface area (Å²) in [7, 11) is -0.871. The first kappa shape index (κ1) is 16.6. The van der Waals surface area contributed by atoms with E-state index in [0.29, 0.717) is 24.2 Å². The fraction of sp³-hybridized carbons (Fsp3) is 0.222. The first-order valence-corrected chi connectivity index (χ1v) is 9.57. The van der Waals surface area contributed by atoms with E-state index < -0.39 is 21.3 Å². The minimum absolute atomic E-state index is 0.0393. The SMILES string of the molecule is Cn1c(=O)c2cc(S(=O)(=O)N3CCc4ccccc43)ccc2n(C)c1=O. The highest BCUT2D eigenvalue weighted by Gasteiger charge is 2.31. The fourth-order valence-corrected chi connectivity index (χ4v) is 4.95. The Labute approximate surface area is 149 Å². The Bertz CT molecular complexity index is 1270. The van der Waals surface area contributed by atoms with Crippen molar-refractivity contribution in [1.29, 1.82) is 0 Å². The molecule has 7 nitrogen and oxygen atoms in total. The Morgan fingerprint density at radius 3 is 2.46 bits per heavy atom. The average molecular weight is 371 g/mol. The molecule has 3 aromatic rings. The van der Waals surface area contributed by atoms with E-state index in [4.69, 9.17) is 0 Å². The van der Waals surface area contributed by atoms with Crippen LogP contribution in [0.2, 0.25) is 0 Å². The highest BCUT2D eigenvalue weighted by atomic mass is 32.2. The summed E-state index contributed by atoms with van der Waals surface area (Å²) in [6, 6.07) is 11.7. The van der Waals surface area contributed by atoms with E-state index in [2.05, 4.69) is 0 Å². The summed E-state index contributed by atoms with van der Waals surface area (Å²) in [5.41, 5.74) is 1.09. The molecule has 2 heterocycles. The minimum atomic E-state index is -3.80. The molecule has 4 rings (SSSR count). The third kappa shape index (κ3) is 2.22. The molecule has 1 aromatic heterocycles. The maximum Gasteiger partial charge on any atom is 0.330 e. The van der Waals surface area contributed by atoms with E-state index in [1.165, 1.54) is 34.1 Å². The minimum Gasteiger partial charge on any atom is -0.296 e. The van der Waals surface area contributed by atoms with E-state index in [-0.39, 0.29) is 10.3 Å². The second-order valence-electron chi connectivity index (χ2n) is 6.34. The summed E-state index contributed by atoms with van der Waals surface area (Å²) in [5.74, 6) is 0. The van der Waals surface area contributed by atoms with Gasteiger partial charge in [-0.3, -0.25) is 18.2 Å². The maximum absolute atomic E-state index is 13.1. The van der Waals surface area contributed by atoms with Crippen LogP contribution in [0.25, 0.3) is 10.9 Å². The molecule has 0 unspecified atom stereocenters. The van der Waals surface area contributed by atoms with Gasteiger partial charge in [0.1, 0.15) is 0 Å². The number of para-hydroxylation sites is 1. The largest absolute Gasteiger partial charge is 0.330 e. The first-order valence-electron chi connectivity index (χ1n) is 8.13. The molecule has 0 amide bonds. The summed E-state index contributed by atoms with van der Waals surface area (Å²) in [6.45, 7) is 0.366. The quantitative estimate of drug-likeness (QED) is 0.673. The molecule has 0 atom stereocenters. The lowest BCUT2D eigenvalue weighted by Gasteiger charge is -2.20. The number of sulfonamides is 1. The van der Waals surface area contributed by atoms with Crippen molar-refractivity contribution >= 4 is 26.6 Å². The standard InChI is InChI=1S/C18H17N3O4S/c1-19-16-8-7-13(11-14(16)17(22)20(2)18(19)23)26(24,25)21-10-9-12-5-3-4-6-15(12)21/h3-8,11H,9-10H2,1-2H3. The van der Waals surface area contributed by atoms with Gasteiger partial charge >= 0.3 is 5.69 Å². The van der Waals surface area contributed by atoms with Crippen LogP contribution in [0.4, 0.5) is 5.69 Å². The number of aromatic nitrogens is 2. The van der Waals surface area contributed by atoms with Gasteiger partial charge in [-0.2, -0.15) is 0 Å². The number of nitrogens with zero attached hydrogens (tertiary/aromatic N) is 3. The highest BCUT2D eigenvalue weighted by molar-refractivity contribution is 7.92. The Morgan fingerprint density at radius 2 is 1.69 bits per heavy atom. The van der Waals surface area contributed by atoms with Crippen LogP contribution in [-0.2, 0) is 30.5 Å². The normalized spacial score (nSPS) is 14.0. The van der Waals surface area contributed by atoms with Crippen molar-refractivity contribution in [2.45, 2.75) is 11.3 Å². The zero-order valence-electron chi connectivity index (χ0n) is 14.3. The van der Waals surface area contributed by atoms with Crippen molar-refractivity contribution in [2.24, 2.45) is 14.1 Å². The number of rotatable bonds is 2. The van der Waals surface area contributed by atoms with Crippen molar-refractivity contribution in [2.75, 3.05) is 10.8 Å². The molecule has 0 N–H and O–H groups in total. The van der Waals surface area contributed by atoms with Gasteiger partial charge in [-0.1, -0.05) is 18.2 Å². The van der Waals surface area contributed by atoms with Crippen molar-refractivity contribution in [3.63, 3.8) is 0 Å². The summed E-state index contributed by atoms with van der Waals surface area (Å²) in [6.07, 6.45) is 0.652. The number of hydrogen-bond acceptors (Lipinski definition) is 4. The molecule has 0 aliphatic carbocycles. The smallest absolute Gasteiger partial charge is 0.296 e. The lowest BCUT2D eigenvalue weighted by atomic mass is 10.2. The van der Waals surface area contributed by atoms with Crippen LogP contribution in [0.3, 0.4) is 0 Å². The van der Waals surface area contributed by atoms with Gasteiger partial charge in [0.05, 0.1) is 21.5 Å². The number of fused-ring (bicyclic) bond motifs is 2. The number of anilines is 1. The monoisotopic (exact) mass is 371 g/mol. The van der Waals surface area contributed by atoms with Gasteiger partial charge < -0.3 is 0 Å². The van der Waals surface area contributed by atoms with E-state index in [0.717, 1.165) is 10.1 Å². The third-order valence-electron chi connectivity index (χ3n) is 4.87. The lowest BCUT2D eigenvalue weighted by Crippen LogP contribution is -2.37. The van der Waals surface area contributed by atoms with Gasteiger partial charge in [-0.05, 0) is 36.2 Å². The zero-order chi connectivity index (χ0) is 18.6. The molecular weight excluding hydrogens is 354 g/mol. The van der Waals surface area contributed by atoms with Crippen LogP contribution in [0.5, 0.6) is 0 Å². The van der Waals surface area contributed by atoms with Crippen molar-refractivity contribution in [3.8, 4) is 0 Å². The molecule has 0 fully saturated rings. The second kappa shape index (κ2) is 5.57. The molecule has 0 spiro atoms. The molecule has 2 aromatic carbocycles. The zero-order valence-corrected chi connectivity index (χ0v) is 15.2. The van der Waals surface area contributed by atoms with Crippen LogP contribution in [0, 0.1) is 0 Å². The Hall–Kier alpha value is -2.87. The lowest BCUT2D eigenvalue weighted by molar-refractivity contribution is 0.592. The first-order chi connectivity index (χ1) is 12.3. The highest BCUT2D eigenvalue weighted by Crippen LogP contribution is 2.33. The molecule has 0 bridgehead atoms. The van der Waals surface area contributed by atoms with E-state index in [1.54, 1.807) is 19.2 Å². The molecule has 1 aliphatic heterocycles. The van der Waals surface area contributed by atoms with Crippen LogP contribution in [-0.4, -0.2) is 24.1 Å². The van der Waals surface area contributed by atoms with E-state index >= 15 is 0 Å². The maximum atomic E-state index is 13.1. The second-order valence-corrected chi connectivity index (χ2v) is 8.20. The van der Waals surface area contributed by atoms with Crippen molar-refractivity contribution in [1.82, 2.24) is 9.13 Å². The molecule has 1 aliphatic rings. The Morgan fingerprint density at radius 1 is 0.962 bits per heavy atom. The van der Waals surface area contributed by atoms with E-state index in [1.807, 2.05) is 12.1 Å². The van der Waals surface area contributed by atoms with Crippen molar-refractivity contribution < 1.29 is 8.42 Å². The van der Waals surface area contributed by atoms with Gasteiger partial charge in [0, 0.05) is 20.6 Å². The number of benzene rings is 2. The van der Waals surface area contributed by atoms with Crippen molar-refractivity contribution in [3.05, 3.63) is 68.9 Å². The van der Waals surface area contributed by atoms with Gasteiger partial charge in [0.25, 0.3) is 15.6 Å². The van der Waals surface area contributed by atoms with Crippen LogP contribution in [0.1, 0.15) is 5.56 Å². The third-order valence-corrected chi connectivity index (χ3v) is 6.68. The van der Waals surface area contributed by atoms with E-state index in [9.17, 15) is 18.0 Å². The van der Waals surface area contributed by atoms with Gasteiger partial charge in [0.15, 0.2) is 0 Å². The summed E-state index contributed by atoms with van der Waals surface area (Å²) < 4.78 is 30.0. The molecule has 0 saturated carbocycles. The summed E-state index contributed by atoms with van der Waals surface area (Å²) in [4.78, 5) is 24.5. The van der Waals surface area contributed by atoms with Crippen LogP contribution >= 0.6 is 0 Å².